The molecule has 4 unspecified atom stereocenters. The number of aromatic amines is 1. The zero-order chi connectivity index (χ0) is 26.0. The van der Waals surface area contributed by atoms with Crippen LogP contribution in [0.5, 0.6) is 0 Å². The van der Waals surface area contributed by atoms with E-state index in [2.05, 4.69) is 4.98 Å². The first kappa shape index (κ1) is 25.7. The van der Waals surface area contributed by atoms with Crippen molar-refractivity contribution in [1.29, 1.82) is 0 Å². The van der Waals surface area contributed by atoms with Crippen LogP contribution in [0.3, 0.4) is 0 Å². The largest absolute Gasteiger partial charge is 0.400 e. The van der Waals surface area contributed by atoms with Crippen LogP contribution in [0, 0.1) is 17.8 Å². The van der Waals surface area contributed by atoms with Gasteiger partial charge in [-0.1, -0.05) is 0 Å². The van der Waals surface area contributed by atoms with Gasteiger partial charge in [-0.05, 0) is 50.1 Å². The number of hydrogen-bond acceptors (Lipinski definition) is 5. The fourth-order valence-electron chi connectivity index (χ4n) is 5.50. The third-order valence-electron chi connectivity index (χ3n) is 7.37. The maximum Gasteiger partial charge on any atom is 0.400 e. The summed E-state index contributed by atoms with van der Waals surface area (Å²) in [6, 6.07) is -1.38. The summed E-state index contributed by atoms with van der Waals surface area (Å²) in [5.41, 5.74) is 9.99. The Balaban J connectivity index is 1.75. The number of nitrogens with one attached hydrogen (secondary N) is 1. The normalized spacial score (nSPS) is 28.2. The van der Waals surface area contributed by atoms with Gasteiger partial charge < -0.3 is 11.5 Å². The molecule has 35 heavy (non-hydrogen) atoms. The first-order valence-corrected chi connectivity index (χ1v) is 11.2. The molecule has 1 aromatic rings. The Morgan fingerprint density at radius 3 is 2.14 bits per heavy atom. The smallest absolute Gasteiger partial charge is 0.399 e. The highest BCUT2D eigenvalue weighted by molar-refractivity contribution is 5.62. The molecule has 2 aliphatic carbocycles. The van der Waals surface area contributed by atoms with Gasteiger partial charge in [0.25, 0.3) is 5.56 Å². The summed E-state index contributed by atoms with van der Waals surface area (Å²) in [7, 11) is 0. The Kier molecular flexibility index (Phi) is 6.36. The van der Waals surface area contributed by atoms with Gasteiger partial charge in [-0.2, -0.15) is 26.3 Å². The van der Waals surface area contributed by atoms with E-state index in [1.165, 1.54) is 16.4 Å². The fourth-order valence-corrected chi connectivity index (χ4v) is 5.50. The van der Waals surface area contributed by atoms with Crippen molar-refractivity contribution in [2.75, 3.05) is 19.6 Å². The summed E-state index contributed by atoms with van der Waals surface area (Å²) in [6.45, 7) is 0.992. The van der Waals surface area contributed by atoms with E-state index in [9.17, 15) is 35.9 Å². The van der Waals surface area contributed by atoms with Crippen LogP contribution >= 0.6 is 0 Å². The molecular weight excluding hydrogens is 487 g/mol. The number of hydrogen-bond donors (Lipinski definition) is 3. The molecule has 7 nitrogen and oxygen atoms in total. The molecule has 1 aromatic heterocycles. The monoisotopic (exact) mass is 513 g/mol. The lowest BCUT2D eigenvalue weighted by atomic mass is 9.86. The van der Waals surface area contributed by atoms with Crippen LogP contribution in [0.25, 0.3) is 11.3 Å². The van der Waals surface area contributed by atoms with Gasteiger partial charge >= 0.3 is 18.0 Å². The molecule has 1 saturated carbocycles. The Morgan fingerprint density at radius 1 is 1.06 bits per heavy atom. The minimum absolute atomic E-state index is 0.0501. The molecule has 1 aliphatic heterocycles. The average Bonchev–Trinajstić information content (AvgIpc) is 3.48. The highest BCUT2D eigenvalue weighted by Crippen LogP contribution is 2.45. The van der Waals surface area contributed by atoms with Crippen molar-refractivity contribution in [3.05, 3.63) is 31.4 Å². The molecule has 0 spiro atoms. The van der Waals surface area contributed by atoms with E-state index in [4.69, 9.17) is 11.5 Å². The van der Waals surface area contributed by atoms with E-state index in [0.717, 1.165) is 0 Å². The molecular formula is C21H26F7N5O2. The molecule has 196 valence electrons. The molecule has 0 aromatic carbocycles. The number of nitrogens with two attached hydrogens (primary N) is 2. The Hall–Kier alpha value is -2.35. The number of aromatic nitrogens is 2. The molecule has 0 amide bonds. The van der Waals surface area contributed by atoms with Crippen molar-refractivity contribution in [1.82, 2.24) is 14.5 Å². The average molecular weight is 513 g/mol. The standard InChI is InChI=1S/C21H26F7N5O2/c1-8-16-13(18(34)31-19(35)33(16)11-2-3-11)15(30)14(22)17(8)32-6-9(10(5-29)7-32)4-12(20(23,24)25)21(26,27)28/h9-12,14,17H,2-7,29-30H2,1H3,(H,31,34,35). The van der Waals surface area contributed by atoms with E-state index in [0.29, 0.717) is 12.8 Å². The third-order valence-corrected chi connectivity index (χ3v) is 7.37. The van der Waals surface area contributed by atoms with Crippen LogP contribution in [0.15, 0.2) is 9.59 Å². The zero-order valence-corrected chi connectivity index (χ0v) is 18.7. The maximum atomic E-state index is 15.6. The Bertz CT molecular complexity index is 1220. The first-order valence-electron chi connectivity index (χ1n) is 11.2. The summed E-state index contributed by atoms with van der Waals surface area (Å²) >= 11 is 0. The van der Waals surface area contributed by atoms with E-state index < -0.39 is 65.7 Å². The lowest BCUT2D eigenvalue weighted by Gasteiger charge is -2.34. The summed E-state index contributed by atoms with van der Waals surface area (Å²) in [5.74, 6) is -5.36. The molecule has 4 atom stereocenters. The molecule has 4 rings (SSSR count). The minimum atomic E-state index is -5.49. The van der Waals surface area contributed by atoms with E-state index in [1.54, 1.807) is 0 Å². The fraction of sp³-hybridized carbons (Fsp3) is 0.714. The number of nitrogens with zero attached hydrogens (tertiary/aromatic N) is 2. The summed E-state index contributed by atoms with van der Waals surface area (Å²) in [6.07, 6.45) is -12.8. The van der Waals surface area contributed by atoms with Crippen molar-refractivity contribution >= 4 is 11.3 Å². The third kappa shape index (κ3) is 4.50. The van der Waals surface area contributed by atoms with Crippen LogP contribution in [0.4, 0.5) is 30.7 Å². The number of likely N-dealkylation sites (tertiary alicyclic amines) is 1. The highest BCUT2D eigenvalue weighted by atomic mass is 19.4. The summed E-state index contributed by atoms with van der Waals surface area (Å²) < 4.78 is 96.0. The molecule has 3 aliphatic rings. The van der Waals surface area contributed by atoms with Crippen LogP contribution < -0.4 is 33.3 Å². The Morgan fingerprint density at radius 2 is 1.63 bits per heavy atom. The number of alkyl halides is 7. The maximum absolute atomic E-state index is 15.6. The molecule has 0 radical (unpaired) electrons. The summed E-state index contributed by atoms with van der Waals surface area (Å²) in [5, 5.41) is -0.00747. The van der Waals surface area contributed by atoms with Gasteiger partial charge in [-0.25, -0.2) is 9.18 Å². The number of H-pyrrole nitrogens is 1. The number of fused-ring (bicyclic) bond motifs is 1. The minimum Gasteiger partial charge on any atom is -0.399 e. The van der Waals surface area contributed by atoms with Crippen molar-refractivity contribution in [2.45, 2.75) is 56.8 Å². The van der Waals surface area contributed by atoms with Crippen LogP contribution in [0.1, 0.15) is 32.2 Å². The second-order valence-corrected chi connectivity index (χ2v) is 9.65. The van der Waals surface area contributed by atoms with E-state index >= 15 is 4.39 Å². The SMILES string of the molecule is CC1=c2c(c(=O)[nH]c(=O)n2C2CC2)=C(N)C(F)C1N1CC(CN)C(CC(C(F)(F)F)C(F)(F)F)C1. The van der Waals surface area contributed by atoms with Gasteiger partial charge in [0.1, 0.15) is 0 Å². The second kappa shape index (κ2) is 8.64. The van der Waals surface area contributed by atoms with E-state index in [-0.39, 0.29) is 41.8 Å². The van der Waals surface area contributed by atoms with Crippen LogP contribution in [0.2, 0.25) is 0 Å². The van der Waals surface area contributed by atoms with Gasteiger partial charge in [-0.3, -0.25) is 19.2 Å². The Labute approximate surface area is 194 Å². The van der Waals surface area contributed by atoms with Crippen LogP contribution in [-0.2, 0) is 0 Å². The van der Waals surface area contributed by atoms with Crippen LogP contribution in [-0.4, -0.2) is 58.7 Å². The van der Waals surface area contributed by atoms with Crippen molar-refractivity contribution in [3.63, 3.8) is 0 Å². The lowest BCUT2D eigenvalue weighted by Crippen LogP contribution is -2.62. The second-order valence-electron chi connectivity index (χ2n) is 9.65. The molecule has 5 N–H and O–H groups in total. The predicted octanol–water partition coefficient (Wildman–Crippen LogP) is 0.467. The topological polar surface area (TPSA) is 110 Å². The van der Waals surface area contributed by atoms with Crippen molar-refractivity contribution < 1.29 is 30.7 Å². The molecule has 1 saturated heterocycles. The predicted molar refractivity (Wildman–Crippen MR) is 112 cm³/mol. The van der Waals surface area contributed by atoms with Gasteiger partial charge in [0.15, 0.2) is 12.1 Å². The van der Waals surface area contributed by atoms with Crippen molar-refractivity contribution in [2.24, 2.45) is 29.2 Å². The number of halogens is 7. The molecule has 2 heterocycles. The summed E-state index contributed by atoms with van der Waals surface area (Å²) in [4.78, 5) is 28.6. The first-order chi connectivity index (χ1) is 16.2. The highest BCUT2D eigenvalue weighted by Gasteiger charge is 2.58. The number of rotatable bonds is 5. The molecule has 0 bridgehead atoms. The quantitative estimate of drug-likeness (QED) is 0.496. The lowest BCUT2D eigenvalue weighted by molar-refractivity contribution is -0.288. The molecule has 14 heteroatoms. The van der Waals surface area contributed by atoms with Gasteiger partial charge in [-0.15, -0.1) is 0 Å². The zero-order valence-electron chi connectivity index (χ0n) is 18.7. The van der Waals surface area contributed by atoms with E-state index in [1.807, 2.05) is 0 Å². The molecule has 2 fully saturated rings. The van der Waals surface area contributed by atoms with Gasteiger partial charge in [0.05, 0.1) is 22.3 Å². The van der Waals surface area contributed by atoms with Crippen molar-refractivity contribution in [3.8, 4) is 0 Å². The van der Waals surface area contributed by atoms with Gasteiger partial charge in [0, 0.05) is 19.1 Å². The van der Waals surface area contributed by atoms with Gasteiger partial charge in [0.2, 0.25) is 0 Å².